The van der Waals surface area contributed by atoms with Crippen molar-refractivity contribution in [1.29, 1.82) is 0 Å². The fourth-order valence-corrected chi connectivity index (χ4v) is 2.57. The molecule has 0 radical (unpaired) electrons. The van der Waals surface area contributed by atoms with Crippen molar-refractivity contribution in [2.45, 2.75) is 17.4 Å². The Labute approximate surface area is 129 Å². The van der Waals surface area contributed by atoms with Crippen molar-refractivity contribution in [3.05, 3.63) is 54.0 Å². The molecule has 112 valence electrons. The van der Waals surface area contributed by atoms with Crippen molar-refractivity contribution >= 4 is 17.5 Å². The number of aromatic nitrogens is 2. The van der Waals surface area contributed by atoms with Gasteiger partial charge >= 0.3 is 0 Å². The normalized spacial score (nSPS) is 12.3. The Morgan fingerprint density at radius 2 is 2.00 bits per heavy atom. The summed E-state index contributed by atoms with van der Waals surface area (Å²) in [6.45, 7) is 1.73. The lowest BCUT2D eigenvalue weighted by molar-refractivity contribution is 0.0993. The smallest absolute Gasteiger partial charge is 0.284 e. The molecular formula is C15H11FN2O3S. The van der Waals surface area contributed by atoms with Gasteiger partial charge in [0.2, 0.25) is 0 Å². The molecule has 2 aromatic heterocycles. The first-order chi connectivity index (χ1) is 10.6. The van der Waals surface area contributed by atoms with E-state index in [0.717, 1.165) is 11.8 Å². The van der Waals surface area contributed by atoms with Crippen LogP contribution in [0, 0.1) is 5.82 Å². The first-order valence-electron chi connectivity index (χ1n) is 6.47. The fraction of sp³-hybridized carbons (Fsp3) is 0.133. The number of Topliss-reactive ketones (excluding diaryl/α,β-unsaturated/α-hetero) is 1. The maximum atomic E-state index is 12.9. The summed E-state index contributed by atoms with van der Waals surface area (Å²) in [4.78, 5) is 12.2. The number of carbonyl (C=O) groups excluding carboxylic acids is 1. The number of thioether (sulfide) groups is 1. The van der Waals surface area contributed by atoms with Crippen molar-refractivity contribution in [3.8, 4) is 11.7 Å². The zero-order valence-corrected chi connectivity index (χ0v) is 12.3. The van der Waals surface area contributed by atoms with Crippen molar-refractivity contribution in [2.24, 2.45) is 0 Å². The van der Waals surface area contributed by atoms with Crippen LogP contribution in [0.3, 0.4) is 0 Å². The lowest BCUT2D eigenvalue weighted by Crippen LogP contribution is -2.13. The molecule has 3 rings (SSSR count). The highest BCUT2D eigenvalue weighted by atomic mass is 32.2. The van der Waals surface area contributed by atoms with E-state index < -0.39 is 5.25 Å². The molecule has 1 unspecified atom stereocenters. The van der Waals surface area contributed by atoms with Crippen molar-refractivity contribution < 1.29 is 18.0 Å². The van der Waals surface area contributed by atoms with Crippen molar-refractivity contribution in [3.63, 3.8) is 0 Å². The number of rotatable bonds is 5. The third kappa shape index (κ3) is 3.09. The van der Waals surface area contributed by atoms with Crippen LogP contribution in [0.4, 0.5) is 4.39 Å². The zero-order chi connectivity index (χ0) is 15.5. The highest BCUT2D eigenvalue weighted by molar-refractivity contribution is 8.00. The molecule has 0 bridgehead atoms. The van der Waals surface area contributed by atoms with E-state index in [1.807, 2.05) is 0 Å². The second-order valence-electron chi connectivity index (χ2n) is 4.48. The van der Waals surface area contributed by atoms with E-state index in [4.69, 9.17) is 8.83 Å². The standard InChI is InChI=1S/C15H11FN2O3S/c1-9(13(19)10-4-6-11(16)7-5-10)22-15-18-17-14(21-15)12-3-2-8-20-12/h2-9H,1H3. The molecule has 0 fully saturated rings. The maximum Gasteiger partial charge on any atom is 0.284 e. The van der Waals surface area contributed by atoms with Crippen LogP contribution in [0.2, 0.25) is 0 Å². The molecule has 0 N–H and O–H groups in total. The summed E-state index contributed by atoms with van der Waals surface area (Å²) in [5.41, 5.74) is 0.437. The van der Waals surface area contributed by atoms with E-state index in [1.54, 1.807) is 19.1 Å². The molecule has 2 heterocycles. The summed E-state index contributed by atoms with van der Waals surface area (Å²) >= 11 is 1.14. The van der Waals surface area contributed by atoms with Crippen LogP contribution in [0.1, 0.15) is 17.3 Å². The molecule has 0 saturated heterocycles. The second-order valence-corrected chi connectivity index (χ2v) is 5.77. The van der Waals surface area contributed by atoms with Gasteiger partial charge in [0.15, 0.2) is 11.5 Å². The minimum Gasteiger partial charge on any atom is -0.459 e. The topological polar surface area (TPSA) is 69.1 Å². The van der Waals surface area contributed by atoms with E-state index >= 15 is 0 Å². The third-order valence-electron chi connectivity index (χ3n) is 2.91. The summed E-state index contributed by atoms with van der Waals surface area (Å²) in [6.07, 6.45) is 1.51. The first kappa shape index (κ1) is 14.5. The Hall–Kier alpha value is -2.41. The highest BCUT2D eigenvalue weighted by Crippen LogP contribution is 2.27. The van der Waals surface area contributed by atoms with E-state index in [9.17, 15) is 9.18 Å². The largest absolute Gasteiger partial charge is 0.459 e. The Kier molecular flexibility index (Phi) is 4.06. The van der Waals surface area contributed by atoms with E-state index in [1.165, 1.54) is 30.5 Å². The predicted molar refractivity (Wildman–Crippen MR) is 78.0 cm³/mol. The molecule has 0 aliphatic rings. The molecule has 0 aliphatic heterocycles. The van der Waals surface area contributed by atoms with Gasteiger partial charge in [0, 0.05) is 5.56 Å². The monoisotopic (exact) mass is 318 g/mol. The Morgan fingerprint density at radius 3 is 2.68 bits per heavy atom. The van der Waals surface area contributed by atoms with Crippen molar-refractivity contribution in [1.82, 2.24) is 10.2 Å². The minimum absolute atomic E-state index is 0.136. The first-order valence-corrected chi connectivity index (χ1v) is 7.35. The highest BCUT2D eigenvalue weighted by Gasteiger charge is 2.20. The quantitative estimate of drug-likeness (QED) is 0.526. The molecule has 0 spiro atoms. The predicted octanol–water partition coefficient (Wildman–Crippen LogP) is 3.83. The Balaban J connectivity index is 1.70. The lowest BCUT2D eigenvalue weighted by atomic mass is 10.1. The number of halogens is 1. The molecule has 7 heteroatoms. The molecular weight excluding hydrogens is 307 g/mol. The number of ketones is 1. The van der Waals surface area contributed by atoms with Crippen LogP contribution in [0.15, 0.2) is 56.7 Å². The van der Waals surface area contributed by atoms with Gasteiger partial charge in [0.1, 0.15) is 5.82 Å². The van der Waals surface area contributed by atoms with Gasteiger partial charge in [-0.05, 0) is 43.3 Å². The van der Waals surface area contributed by atoms with Gasteiger partial charge < -0.3 is 8.83 Å². The summed E-state index contributed by atoms with van der Waals surface area (Å²) in [5, 5.41) is 7.58. The average molecular weight is 318 g/mol. The molecule has 0 saturated carbocycles. The van der Waals surface area contributed by atoms with Gasteiger partial charge in [-0.15, -0.1) is 10.2 Å². The summed E-state index contributed by atoms with van der Waals surface area (Å²) in [5.74, 6) is 0.213. The molecule has 5 nitrogen and oxygen atoms in total. The van der Waals surface area contributed by atoms with Gasteiger partial charge in [-0.3, -0.25) is 4.79 Å². The maximum absolute atomic E-state index is 12.9. The number of carbonyl (C=O) groups is 1. The summed E-state index contributed by atoms with van der Waals surface area (Å²) in [7, 11) is 0. The molecule has 3 aromatic rings. The number of hydrogen-bond donors (Lipinski definition) is 0. The van der Waals surface area contributed by atoms with Gasteiger partial charge in [-0.1, -0.05) is 11.8 Å². The van der Waals surface area contributed by atoms with Gasteiger partial charge in [0.25, 0.3) is 11.1 Å². The summed E-state index contributed by atoms with van der Waals surface area (Å²) < 4.78 is 23.5. The lowest BCUT2D eigenvalue weighted by Gasteiger charge is -2.07. The van der Waals surface area contributed by atoms with Crippen LogP contribution in [-0.4, -0.2) is 21.2 Å². The number of benzene rings is 1. The summed E-state index contributed by atoms with van der Waals surface area (Å²) in [6, 6.07) is 8.84. The molecule has 1 atom stereocenters. The second kappa shape index (κ2) is 6.15. The molecule has 0 amide bonds. The molecule has 0 aliphatic carbocycles. The number of nitrogens with zero attached hydrogens (tertiary/aromatic N) is 2. The SMILES string of the molecule is CC(Sc1nnc(-c2ccco2)o1)C(=O)c1ccc(F)cc1. The zero-order valence-electron chi connectivity index (χ0n) is 11.5. The van der Waals surface area contributed by atoms with Crippen LogP contribution in [0.5, 0.6) is 0 Å². The van der Waals surface area contributed by atoms with Crippen LogP contribution < -0.4 is 0 Å². The van der Waals surface area contributed by atoms with Gasteiger partial charge in [-0.25, -0.2) is 4.39 Å². The van der Waals surface area contributed by atoms with Gasteiger partial charge in [-0.2, -0.15) is 0 Å². The average Bonchev–Trinajstić information content (AvgIpc) is 3.18. The third-order valence-corrected chi connectivity index (χ3v) is 3.85. The fourth-order valence-electron chi connectivity index (χ4n) is 1.81. The Bertz CT molecular complexity index is 768. The number of hydrogen-bond acceptors (Lipinski definition) is 6. The van der Waals surface area contributed by atoms with Crippen molar-refractivity contribution in [2.75, 3.05) is 0 Å². The minimum atomic E-state index is -0.435. The Morgan fingerprint density at radius 1 is 1.23 bits per heavy atom. The molecule has 1 aromatic carbocycles. The van der Waals surface area contributed by atoms with E-state index in [-0.39, 0.29) is 22.7 Å². The van der Waals surface area contributed by atoms with Crippen LogP contribution >= 0.6 is 11.8 Å². The van der Waals surface area contributed by atoms with E-state index in [2.05, 4.69) is 10.2 Å². The van der Waals surface area contributed by atoms with Gasteiger partial charge in [0.05, 0.1) is 11.5 Å². The molecule has 22 heavy (non-hydrogen) atoms. The van der Waals surface area contributed by atoms with E-state index in [0.29, 0.717) is 11.3 Å². The van der Waals surface area contributed by atoms with Crippen LogP contribution in [0.25, 0.3) is 11.7 Å². The number of furan rings is 1. The van der Waals surface area contributed by atoms with Crippen LogP contribution in [-0.2, 0) is 0 Å².